The van der Waals surface area contributed by atoms with Crippen molar-refractivity contribution in [1.29, 1.82) is 0 Å². The van der Waals surface area contributed by atoms with Gasteiger partial charge in [0.2, 0.25) is 5.91 Å². The Balaban J connectivity index is 2.02. The van der Waals surface area contributed by atoms with Crippen molar-refractivity contribution >= 4 is 18.0 Å². The largest absolute Gasteiger partial charge is 0.478 e. The van der Waals surface area contributed by atoms with Crippen molar-refractivity contribution in [3.05, 3.63) is 41.5 Å². The molecule has 3 atom stereocenters. The summed E-state index contributed by atoms with van der Waals surface area (Å²) >= 11 is 0. The molecular weight excluding hydrogens is 254 g/mol. The van der Waals surface area contributed by atoms with E-state index in [1.807, 2.05) is 31.2 Å². The summed E-state index contributed by atoms with van der Waals surface area (Å²) in [5.74, 6) is -0.212. The number of rotatable bonds is 5. The third-order valence-corrected chi connectivity index (χ3v) is 3.63. The molecule has 2 rings (SSSR count). The molecule has 0 heterocycles. The van der Waals surface area contributed by atoms with E-state index in [1.165, 1.54) is 0 Å². The third-order valence-electron chi connectivity index (χ3n) is 3.63. The molecule has 0 bridgehead atoms. The molecule has 2 N–H and O–H groups in total. The Morgan fingerprint density at radius 2 is 2.15 bits per heavy atom. The first-order valence-electron chi connectivity index (χ1n) is 6.78. The van der Waals surface area contributed by atoms with Gasteiger partial charge < -0.3 is 10.4 Å². The Kier molecular flexibility index (Phi) is 4.23. The zero-order valence-corrected chi connectivity index (χ0v) is 11.7. The minimum Gasteiger partial charge on any atom is -0.478 e. The summed E-state index contributed by atoms with van der Waals surface area (Å²) in [6, 6.07) is 7.44. The van der Waals surface area contributed by atoms with Gasteiger partial charge in [-0.1, -0.05) is 25.1 Å². The number of hydrogen-bond donors (Lipinski definition) is 2. The minimum atomic E-state index is -0.973. The van der Waals surface area contributed by atoms with Gasteiger partial charge in [-0.25, -0.2) is 4.79 Å². The standard InChI is InChI=1S/C16H19NO3/c1-10-8-14(10)16(20)17-11(2)13-5-3-4-12(9-13)6-7-15(18)19/h3-7,9-11,14H,8H2,1-2H3,(H,17,20)(H,18,19). The molecule has 1 saturated carbocycles. The number of aliphatic carboxylic acids is 1. The lowest BCUT2D eigenvalue weighted by Crippen LogP contribution is -2.28. The number of carboxylic acid groups (broad SMARTS) is 1. The van der Waals surface area contributed by atoms with E-state index in [4.69, 9.17) is 5.11 Å². The summed E-state index contributed by atoms with van der Waals surface area (Å²) in [7, 11) is 0. The summed E-state index contributed by atoms with van der Waals surface area (Å²) < 4.78 is 0. The predicted molar refractivity (Wildman–Crippen MR) is 76.9 cm³/mol. The fourth-order valence-electron chi connectivity index (χ4n) is 2.19. The fraction of sp³-hybridized carbons (Fsp3) is 0.375. The topological polar surface area (TPSA) is 66.4 Å². The van der Waals surface area contributed by atoms with Crippen LogP contribution < -0.4 is 5.32 Å². The molecule has 0 spiro atoms. The number of carbonyl (C=O) groups is 2. The van der Waals surface area contributed by atoms with Crippen molar-refractivity contribution in [3.8, 4) is 0 Å². The van der Waals surface area contributed by atoms with E-state index in [1.54, 1.807) is 6.08 Å². The molecule has 1 aliphatic carbocycles. The number of carboxylic acids is 1. The molecule has 0 saturated heterocycles. The third kappa shape index (κ3) is 3.70. The van der Waals surface area contributed by atoms with Crippen LogP contribution in [0.2, 0.25) is 0 Å². The monoisotopic (exact) mass is 273 g/mol. The maximum Gasteiger partial charge on any atom is 0.328 e. The van der Waals surface area contributed by atoms with Gasteiger partial charge in [0.25, 0.3) is 0 Å². The zero-order chi connectivity index (χ0) is 14.7. The van der Waals surface area contributed by atoms with Crippen LogP contribution in [-0.4, -0.2) is 17.0 Å². The van der Waals surface area contributed by atoms with E-state index in [2.05, 4.69) is 12.2 Å². The van der Waals surface area contributed by atoms with Crippen molar-refractivity contribution in [3.63, 3.8) is 0 Å². The Morgan fingerprint density at radius 3 is 2.75 bits per heavy atom. The Labute approximate surface area is 118 Å². The van der Waals surface area contributed by atoms with Crippen LogP contribution in [0.4, 0.5) is 0 Å². The molecule has 20 heavy (non-hydrogen) atoms. The normalized spacial score (nSPS) is 22.5. The van der Waals surface area contributed by atoms with Gasteiger partial charge in [-0.2, -0.15) is 0 Å². The van der Waals surface area contributed by atoms with Crippen molar-refractivity contribution in [2.45, 2.75) is 26.3 Å². The molecule has 1 aromatic carbocycles. The molecule has 1 aromatic rings. The summed E-state index contributed by atoms with van der Waals surface area (Å²) in [5, 5.41) is 11.6. The van der Waals surface area contributed by atoms with Crippen molar-refractivity contribution in [2.75, 3.05) is 0 Å². The molecule has 0 aliphatic heterocycles. The summed E-state index contributed by atoms with van der Waals surface area (Å²) in [6.07, 6.45) is 3.62. The number of hydrogen-bond acceptors (Lipinski definition) is 2. The second kappa shape index (κ2) is 5.90. The lowest BCUT2D eigenvalue weighted by molar-refractivity contribution is -0.131. The zero-order valence-electron chi connectivity index (χ0n) is 11.7. The van der Waals surface area contributed by atoms with Crippen molar-refractivity contribution in [1.82, 2.24) is 5.32 Å². The van der Waals surface area contributed by atoms with E-state index in [9.17, 15) is 9.59 Å². The first-order chi connectivity index (χ1) is 9.47. The SMILES string of the molecule is CC(NC(=O)C1CC1C)c1cccc(C=CC(=O)O)c1. The highest BCUT2D eigenvalue weighted by atomic mass is 16.4. The second-order valence-corrected chi connectivity index (χ2v) is 5.39. The maximum absolute atomic E-state index is 11.9. The minimum absolute atomic E-state index is 0.0755. The molecule has 1 fully saturated rings. The van der Waals surface area contributed by atoms with Crippen LogP contribution in [0.5, 0.6) is 0 Å². The Hall–Kier alpha value is -2.10. The van der Waals surface area contributed by atoms with Gasteiger partial charge in [-0.05, 0) is 42.5 Å². The maximum atomic E-state index is 11.9. The van der Waals surface area contributed by atoms with E-state index >= 15 is 0 Å². The van der Waals surface area contributed by atoms with Gasteiger partial charge in [0, 0.05) is 12.0 Å². The van der Waals surface area contributed by atoms with Gasteiger partial charge in [-0.15, -0.1) is 0 Å². The second-order valence-electron chi connectivity index (χ2n) is 5.39. The average Bonchev–Trinajstić information content (AvgIpc) is 3.14. The van der Waals surface area contributed by atoms with Crippen LogP contribution in [0, 0.1) is 11.8 Å². The quantitative estimate of drug-likeness (QED) is 0.810. The van der Waals surface area contributed by atoms with Crippen molar-refractivity contribution < 1.29 is 14.7 Å². The summed E-state index contributed by atoms with van der Waals surface area (Å²) in [5.41, 5.74) is 1.78. The Morgan fingerprint density at radius 1 is 1.45 bits per heavy atom. The van der Waals surface area contributed by atoms with E-state index in [0.29, 0.717) is 5.92 Å². The number of amides is 1. The van der Waals surface area contributed by atoms with Crippen molar-refractivity contribution in [2.24, 2.45) is 11.8 Å². The van der Waals surface area contributed by atoms with Gasteiger partial charge in [0.05, 0.1) is 6.04 Å². The average molecular weight is 273 g/mol. The van der Waals surface area contributed by atoms with Crippen LogP contribution in [0.1, 0.15) is 37.4 Å². The molecule has 0 radical (unpaired) electrons. The van der Waals surface area contributed by atoms with Gasteiger partial charge in [-0.3, -0.25) is 4.79 Å². The smallest absolute Gasteiger partial charge is 0.328 e. The molecule has 4 nitrogen and oxygen atoms in total. The first-order valence-corrected chi connectivity index (χ1v) is 6.78. The van der Waals surface area contributed by atoms with Gasteiger partial charge in [0.1, 0.15) is 0 Å². The Bertz CT molecular complexity index is 550. The highest BCUT2D eigenvalue weighted by Gasteiger charge is 2.39. The number of benzene rings is 1. The molecular formula is C16H19NO3. The molecule has 1 aliphatic rings. The highest BCUT2D eigenvalue weighted by Crippen LogP contribution is 2.38. The van der Waals surface area contributed by atoms with Crippen LogP contribution in [0.25, 0.3) is 6.08 Å². The van der Waals surface area contributed by atoms with Gasteiger partial charge >= 0.3 is 5.97 Å². The lowest BCUT2D eigenvalue weighted by Gasteiger charge is -2.14. The van der Waals surface area contributed by atoms with Gasteiger partial charge in [0.15, 0.2) is 0 Å². The summed E-state index contributed by atoms with van der Waals surface area (Å²) in [4.78, 5) is 22.4. The first kappa shape index (κ1) is 14.3. The molecule has 106 valence electrons. The molecule has 3 unspecified atom stereocenters. The molecule has 0 aromatic heterocycles. The van der Waals surface area contributed by atoms with Crippen LogP contribution in [-0.2, 0) is 9.59 Å². The van der Waals surface area contributed by atoms with Crippen LogP contribution >= 0.6 is 0 Å². The van der Waals surface area contributed by atoms with Crippen LogP contribution in [0.3, 0.4) is 0 Å². The number of nitrogens with one attached hydrogen (secondary N) is 1. The van der Waals surface area contributed by atoms with E-state index in [0.717, 1.165) is 23.6 Å². The highest BCUT2D eigenvalue weighted by molar-refractivity contribution is 5.85. The summed E-state index contributed by atoms with van der Waals surface area (Å²) in [6.45, 7) is 4.01. The number of carbonyl (C=O) groups excluding carboxylic acids is 1. The van der Waals surface area contributed by atoms with E-state index < -0.39 is 5.97 Å². The fourth-order valence-corrected chi connectivity index (χ4v) is 2.19. The molecule has 4 heteroatoms. The predicted octanol–water partition coefficient (Wildman–Crippen LogP) is 2.62. The van der Waals surface area contributed by atoms with E-state index in [-0.39, 0.29) is 17.9 Å². The lowest BCUT2D eigenvalue weighted by atomic mass is 10.0. The molecule has 1 amide bonds. The van der Waals surface area contributed by atoms with Crippen LogP contribution in [0.15, 0.2) is 30.3 Å².